The summed E-state index contributed by atoms with van der Waals surface area (Å²) in [5, 5.41) is 0. The van der Waals surface area contributed by atoms with Gasteiger partial charge in [-0.25, -0.2) is 4.98 Å². The van der Waals surface area contributed by atoms with Gasteiger partial charge < -0.3 is 9.88 Å². The number of hydrogen-bond donors (Lipinski definition) is 1. The molecular weight excluding hydrogens is 190 g/mol. The smallest absolute Gasteiger partial charge is 0.252 e. The number of nitrogens with zero attached hydrogens (tertiary/aromatic N) is 2. The molecule has 15 heavy (non-hydrogen) atoms. The molecule has 1 aromatic heterocycles. The predicted octanol–water partition coefficient (Wildman–Crippen LogP) is 1.46. The van der Waals surface area contributed by atoms with E-state index in [2.05, 4.69) is 14.9 Å². The SMILES string of the molecule is Cc1nc(N2CCCCCC2)cc(=O)[nH]1. The molecule has 0 aliphatic carbocycles. The normalized spacial score (nSPS) is 17.5. The maximum Gasteiger partial charge on any atom is 0.252 e. The van der Waals surface area contributed by atoms with Crippen molar-refractivity contribution in [3.05, 3.63) is 22.2 Å². The zero-order chi connectivity index (χ0) is 10.7. The molecule has 0 bridgehead atoms. The van der Waals surface area contributed by atoms with Crippen LogP contribution in [0.25, 0.3) is 0 Å². The molecule has 0 amide bonds. The first-order valence-electron chi connectivity index (χ1n) is 5.58. The molecule has 4 heteroatoms. The average Bonchev–Trinajstić information content (AvgIpc) is 2.43. The van der Waals surface area contributed by atoms with Gasteiger partial charge in [-0.2, -0.15) is 0 Å². The summed E-state index contributed by atoms with van der Waals surface area (Å²) in [5.74, 6) is 1.53. The predicted molar refractivity (Wildman–Crippen MR) is 60.3 cm³/mol. The van der Waals surface area contributed by atoms with E-state index in [4.69, 9.17) is 0 Å². The molecule has 0 saturated carbocycles. The van der Waals surface area contributed by atoms with Crippen molar-refractivity contribution in [1.29, 1.82) is 0 Å². The third kappa shape index (κ3) is 2.58. The summed E-state index contributed by atoms with van der Waals surface area (Å²) < 4.78 is 0. The van der Waals surface area contributed by atoms with Gasteiger partial charge in [0.15, 0.2) is 0 Å². The van der Waals surface area contributed by atoms with Gasteiger partial charge >= 0.3 is 0 Å². The molecule has 0 unspecified atom stereocenters. The summed E-state index contributed by atoms with van der Waals surface area (Å²) in [6, 6.07) is 1.60. The zero-order valence-corrected chi connectivity index (χ0v) is 9.12. The van der Waals surface area contributed by atoms with Crippen molar-refractivity contribution in [2.24, 2.45) is 0 Å². The van der Waals surface area contributed by atoms with Gasteiger partial charge in [-0.05, 0) is 19.8 Å². The van der Waals surface area contributed by atoms with Crippen LogP contribution in [0.3, 0.4) is 0 Å². The Morgan fingerprint density at radius 3 is 2.53 bits per heavy atom. The number of H-pyrrole nitrogens is 1. The molecule has 0 aromatic carbocycles. The van der Waals surface area contributed by atoms with Crippen molar-refractivity contribution in [3.8, 4) is 0 Å². The Labute approximate surface area is 89.3 Å². The largest absolute Gasteiger partial charge is 0.356 e. The fourth-order valence-electron chi connectivity index (χ4n) is 2.03. The van der Waals surface area contributed by atoms with Crippen LogP contribution in [0.5, 0.6) is 0 Å². The van der Waals surface area contributed by atoms with Gasteiger partial charge in [0.25, 0.3) is 5.56 Å². The van der Waals surface area contributed by atoms with Crippen molar-refractivity contribution >= 4 is 5.82 Å². The minimum Gasteiger partial charge on any atom is -0.356 e. The maximum atomic E-state index is 11.3. The molecule has 4 nitrogen and oxygen atoms in total. The quantitative estimate of drug-likeness (QED) is 0.758. The number of aryl methyl sites for hydroxylation is 1. The van der Waals surface area contributed by atoms with Gasteiger partial charge in [-0.3, -0.25) is 4.79 Å². The van der Waals surface area contributed by atoms with Crippen LogP contribution in [0.4, 0.5) is 5.82 Å². The molecular formula is C11H17N3O. The van der Waals surface area contributed by atoms with E-state index in [9.17, 15) is 4.79 Å². The van der Waals surface area contributed by atoms with E-state index < -0.39 is 0 Å². The van der Waals surface area contributed by atoms with E-state index in [1.807, 2.05) is 6.92 Å². The van der Waals surface area contributed by atoms with Gasteiger partial charge in [0, 0.05) is 19.2 Å². The summed E-state index contributed by atoms with van der Waals surface area (Å²) >= 11 is 0. The van der Waals surface area contributed by atoms with Gasteiger partial charge in [0.2, 0.25) is 0 Å². The maximum absolute atomic E-state index is 11.3. The molecule has 1 fully saturated rings. The van der Waals surface area contributed by atoms with Crippen molar-refractivity contribution in [1.82, 2.24) is 9.97 Å². The number of anilines is 1. The van der Waals surface area contributed by atoms with Crippen LogP contribution in [0.15, 0.2) is 10.9 Å². The first-order chi connectivity index (χ1) is 7.25. The Morgan fingerprint density at radius 1 is 1.27 bits per heavy atom. The highest BCUT2D eigenvalue weighted by molar-refractivity contribution is 5.37. The number of hydrogen-bond acceptors (Lipinski definition) is 3. The van der Waals surface area contributed by atoms with Crippen LogP contribution in [0, 0.1) is 6.92 Å². The topological polar surface area (TPSA) is 49.0 Å². The molecule has 2 rings (SSSR count). The monoisotopic (exact) mass is 207 g/mol. The summed E-state index contributed by atoms with van der Waals surface area (Å²) in [5.41, 5.74) is -0.0539. The average molecular weight is 207 g/mol. The molecule has 1 aliphatic rings. The third-order valence-electron chi connectivity index (χ3n) is 2.78. The standard InChI is InChI=1S/C11H17N3O/c1-9-12-10(8-11(15)13-9)14-6-4-2-3-5-7-14/h8H,2-7H2,1H3,(H,12,13,15). The molecule has 1 N–H and O–H groups in total. The molecule has 0 radical (unpaired) electrons. The molecule has 82 valence electrons. The highest BCUT2D eigenvalue weighted by Gasteiger charge is 2.11. The minimum absolute atomic E-state index is 0.0539. The van der Waals surface area contributed by atoms with Crippen molar-refractivity contribution in [3.63, 3.8) is 0 Å². The van der Waals surface area contributed by atoms with Crippen LogP contribution in [-0.4, -0.2) is 23.1 Å². The third-order valence-corrected chi connectivity index (χ3v) is 2.78. The lowest BCUT2D eigenvalue weighted by Crippen LogP contribution is -2.27. The zero-order valence-electron chi connectivity index (χ0n) is 9.12. The van der Waals surface area contributed by atoms with Crippen LogP contribution >= 0.6 is 0 Å². The van der Waals surface area contributed by atoms with E-state index in [-0.39, 0.29) is 5.56 Å². The van der Waals surface area contributed by atoms with Gasteiger partial charge in [-0.15, -0.1) is 0 Å². The molecule has 2 heterocycles. The van der Waals surface area contributed by atoms with Gasteiger partial charge in [0.05, 0.1) is 0 Å². The highest BCUT2D eigenvalue weighted by Crippen LogP contribution is 2.15. The van der Waals surface area contributed by atoms with E-state index in [0.29, 0.717) is 5.82 Å². The lowest BCUT2D eigenvalue weighted by molar-refractivity contribution is 0.726. The van der Waals surface area contributed by atoms with Crippen molar-refractivity contribution in [2.75, 3.05) is 18.0 Å². The number of rotatable bonds is 1. The van der Waals surface area contributed by atoms with Gasteiger partial charge in [0.1, 0.15) is 11.6 Å². The fraction of sp³-hybridized carbons (Fsp3) is 0.636. The second-order valence-corrected chi connectivity index (χ2v) is 4.09. The van der Waals surface area contributed by atoms with Crippen LogP contribution in [0.1, 0.15) is 31.5 Å². The lowest BCUT2D eigenvalue weighted by atomic mass is 10.2. The Morgan fingerprint density at radius 2 is 1.93 bits per heavy atom. The van der Waals surface area contributed by atoms with Crippen LogP contribution in [-0.2, 0) is 0 Å². The second kappa shape index (κ2) is 4.47. The lowest BCUT2D eigenvalue weighted by Gasteiger charge is -2.21. The molecule has 0 atom stereocenters. The van der Waals surface area contributed by atoms with Crippen molar-refractivity contribution < 1.29 is 0 Å². The fourth-order valence-corrected chi connectivity index (χ4v) is 2.03. The molecule has 1 aliphatic heterocycles. The summed E-state index contributed by atoms with van der Waals surface area (Å²) in [7, 11) is 0. The minimum atomic E-state index is -0.0539. The highest BCUT2D eigenvalue weighted by atomic mass is 16.1. The first kappa shape index (κ1) is 10.2. The first-order valence-corrected chi connectivity index (χ1v) is 5.58. The second-order valence-electron chi connectivity index (χ2n) is 4.09. The van der Waals surface area contributed by atoms with Crippen LogP contribution in [0.2, 0.25) is 0 Å². The Kier molecular flexibility index (Phi) is 3.04. The number of aromatic nitrogens is 2. The Bertz CT molecular complexity index is 378. The van der Waals surface area contributed by atoms with Crippen LogP contribution < -0.4 is 10.5 Å². The molecule has 1 saturated heterocycles. The number of nitrogens with one attached hydrogen (secondary N) is 1. The molecule has 0 spiro atoms. The summed E-state index contributed by atoms with van der Waals surface area (Å²) in [4.78, 5) is 20.6. The van der Waals surface area contributed by atoms with E-state index in [1.54, 1.807) is 6.07 Å². The number of aromatic amines is 1. The van der Waals surface area contributed by atoms with E-state index in [0.717, 1.165) is 18.9 Å². The summed E-state index contributed by atoms with van der Waals surface area (Å²) in [6.07, 6.45) is 4.98. The Hall–Kier alpha value is -1.32. The van der Waals surface area contributed by atoms with Crippen molar-refractivity contribution in [2.45, 2.75) is 32.6 Å². The Balaban J connectivity index is 2.23. The van der Waals surface area contributed by atoms with E-state index in [1.165, 1.54) is 25.7 Å². The molecule has 1 aromatic rings. The van der Waals surface area contributed by atoms with Gasteiger partial charge in [-0.1, -0.05) is 12.8 Å². The summed E-state index contributed by atoms with van der Waals surface area (Å²) in [6.45, 7) is 3.87. The van der Waals surface area contributed by atoms with E-state index >= 15 is 0 Å².